The van der Waals surface area contributed by atoms with E-state index >= 15 is 0 Å². The molecule has 0 aromatic heterocycles. The Balaban J connectivity index is 2.06. The predicted molar refractivity (Wildman–Crippen MR) is 107 cm³/mol. The van der Waals surface area contributed by atoms with Gasteiger partial charge in [0.1, 0.15) is 11.6 Å². The zero-order valence-electron chi connectivity index (χ0n) is 16.0. The van der Waals surface area contributed by atoms with Crippen LogP contribution < -0.4 is 15.5 Å². The SMILES string of the molecule is CCCC(=O)Nc1cc(N2CCNCC2)ccc1S(=O)(=O)c1cc(F)cc(F)c1. The van der Waals surface area contributed by atoms with E-state index in [-0.39, 0.29) is 22.9 Å². The molecule has 1 aliphatic rings. The summed E-state index contributed by atoms with van der Waals surface area (Å²) in [6.45, 7) is 4.90. The van der Waals surface area contributed by atoms with Gasteiger partial charge in [0.15, 0.2) is 0 Å². The first-order valence-corrected chi connectivity index (χ1v) is 10.9. The van der Waals surface area contributed by atoms with Crippen LogP contribution in [-0.2, 0) is 14.6 Å². The Bertz CT molecular complexity index is 986. The van der Waals surface area contributed by atoms with E-state index in [1.807, 2.05) is 6.92 Å². The number of nitrogens with zero attached hydrogens (tertiary/aromatic N) is 1. The summed E-state index contributed by atoms with van der Waals surface area (Å²) in [5, 5.41) is 5.89. The lowest BCUT2D eigenvalue weighted by Crippen LogP contribution is -2.43. The Morgan fingerprint density at radius 3 is 2.38 bits per heavy atom. The number of nitrogens with one attached hydrogen (secondary N) is 2. The summed E-state index contributed by atoms with van der Waals surface area (Å²) in [7, 11) is -4.25. The first-order valence-electron chi connectivity index (χ1n) is 9.42. The number of halogens is 2. The minimum atomic E-state index is -4.25. The fourth-order valence-corrected chi connectivity index (χ4v) is 4.66. The Morgan fingerprint density at radius 1 is 1.10 bits per heavy atom. The quantitative estimate of drug-likeness (QED) is 0.747. The first kappa shape index (κ1) is 21.2. The van der Waals surface area contributed by atoms with Crippen LogP contribution in [0.15, 0.2) is 46.2 Å². The summed E-state index contributed by atoms with van der Waals surface area (Å²) in [5.74, 6) is -2.30. The zero-order valence-corrected chi connectivity index (χ0v) is 16.9. The van der Waals surface area contributed by atoms with E-state index in [1.165, 1.54) is 6.07 Å². The van der Waals surface area contributed by atoms with Crippen molar-refractivity contribution in [3.63, 3.8) is 0 Å². The minimum Gasteiger partial charge on any atom is -0.369 e. The van der Waals surface area contributed by atoms with Crippen molar-refractivity contribution in [2.24, 2.45) is 0 Å². The smallest absolute Gasteiger partial charge is 0.224 e. The van der Waals surface area contributed by atoms with Gasteiger partial charge in [-0.3, -0.25) is 4.79 Å². The molecule has 9 heteroatoms. The van der Waals surface area contributed by atoms with Gasteiger partial charge in [0, 0.05) is 44.4 Å². The standard InChI is InChI=1S/C20H23F2N3O3S/c1-2-3-20(26)24-18-13-16(25-8-6-23-7-9-25)4-5-19(18)29(27,28)17-11-14(21)10-15(22)12-17/h4-5,10-13,23H,2-3,6-9H2,1H3,(H,24,26). The van der Waals surface area contributed by atoms with E-state index in [4.69, 9.17) is 0 Å². The number of carbonyl (C=O) groups excluding carboxylic acids is 1. The van der Waals surface area contributed by atoms with E-state index < -0.39 is 26.4 Å². The lowest BCUT2D eigenvalue weighted by atomic mass is 10.2. The summed E-state index contributed by atoms with van der Waals surface area (Å²) < 4.78 is 53.4. The summed E-state index contributed by atoms with van der Waals surface area (Å²) >= 11 is 0. The number of rotatable bonds is 6. The van der Waals surface area contributed by atoms with Gasteiger partial charge in [-0.05, 0) is 36.8 Å². The number of benzene rings is 2. The molecule has 29 heavy (non-hydrogen) atoms. The maximum atomic E-state index is 13.6. The Labute approximate surface area is 168 Å². The summed E-state index contributed by atoms with van der Waals surface area (Å²) in [4.78, 5) is 13.5. The van der Waals surface area contributed by atoms with E-state index in [1.54, 1.807) is 12.1 Å². The van der Waals surface area contributed by atoms with Gasteiger partial charge in [-0.2, -0.15) is 0 Å². The lowest BCUT2D eigenvalue weighted by molar-refractivity contribution is -0.116. The van der Waals surface area contributed by atoms with Gasteiger partial charge < -0.3 is 15.5 Å². The fourth-order valence-electron chi connectivity index (χ4n) is 3.22. The van der Waals surface area contributed by atoms with Crippen molar-refractivity contribution < 1.29 is 22.0 Å². The molecule has 3 rings (SSSR count). The molecule has 0 unspecified atom stereocenters. The molecule has 6 nitrogen and oxygen atoms in total. The number of amides is 1. The predicted octanol–water partition coefficient (Wildman–Crippen LogP) is 2.95. The van der Waals surface area contributed by atoms with Crippen molar-refractivity contribution in [2.75, 3.05) is 36.4 Å². The Morgan fingerprint density at radius 2 is 1.76 bits per heavy atom. The molecule has 2 aromatic rings. The molecule has 2 N–H and O–H groups in total. The van der Waals surface area contributed by atoms with Gasteiger partial charge in [0.2, 0.25) is 15.7 Å². The molecular formula is C20H23F2N3O3S. The van der Waals surface area contributed by atoms with Crippen molar-refractivity contribution in [1.29, 1.82) is 0 Å². The summed E-state index contributed by atoms with van der Waals surface area (Å²) in [5.41, 5.74) is 0.867. The van der Waals surface area contributed by atoms with Crippen LogP contribution >= 0.6 is 0 Å². The van der Waals surface area contributed by atoms with Gasteiger partial charge in [-0.25, -0.2) is 17.2 Å². The second kappa shape index (κ2) is 8.87. The Kier molecular flexibility index (Phi) is 6.49. The van der Waals surface area contributed by atoms with Crippen molar-refractivity contribution in [3.05, 3.63) is 48.0 Å². The molecule has 1 heterocycles. The number of hydrogen-bond acceptors (Lipinski definition) is 5. The van der Waals surface area contributed by atoms with Crippen molar-refractivity contribution in [1.82, 2.24) is 5.32 Å². The normalized spacial score (nSPS) is 14.7. The third kappa shape index (κ3) is 4.91. The zero-order chi connectivity index (χ0) is 21.0. The van der Waals surface area contributed by atoms with E-state index in [0.717, 1.165) is 44.0 Å². The molecule has 0 spiro atoms. The molecule has 0 radical (unpaired) electrons. The van der Waals surface area contributed by atoms with Crippen molar-refractivity contribution >= 4 is 27.1 Å². The topological polar surface area (TPSA) is 78.5 Å². The van der Waals surface area contributed by atoms with Gasteiger partial charge in [0.25, 0.3) is 0 Å². The second-order valence-corrected chi connectivity index (χ2v) is 8.74. The van der Waals surface area contributed by atoms with Crippen LogP contribution in [0.2, 0.25) is 0 Å². The van der Waals surface area contributed by atoms with Crippen molar-refractivity contribution in [3.8, 4) is 0 Å². The van der Waals surface area contributed by atoms with Crippen LogP contribution in [0.4, 0.5) is 20.2 Å². The van der Waals surface area contributed by atoms with Crippen LogP contribution in [0.5, 0.6) is 0 Å². The third-order valence-electron chi connectivity index (χ3n) is 4.63. The van der Waals surface area contributed by atoms with E-state index in [0.29, 0.717) is 12.5 Å². The highest BCUT2D eigenvalue weighted by molar-refractivity contribution is 7.91. The highest BCUT2D eigenvalue weighted by Gasteiger charge is 2.25. The molecule has 2 aromatic carbocycles. The largest absolute Gasteiger partial charge is 0.369 e. The van der Waals surface area contributed by atoms with E-state index in [2.05, 4.69) is 15.5 Å². The summed E-state index contributed by atoms with van der Waals surface area (Å²) in [6, 6.07) is 6.75. The minimum absolute atomic E-state index is 0.101. The molecule has 0 saturated carbocycles. The van der Waals surface area contributed by atoms with Gasteiger partial charge in [0.05, 0.1) is 15.5 Å². The molecule has 0 atom stereocenters. The molecule has 1 fully saturated rings. The monoisotopic (exact) mass is 423 g/mol. The molecular weight excluding hydrogens is 400 g/mol. The van der Waals surface area contributed by atoms with Crippen LogP contribution in [0.25, 0.3) is 0 Å². The van der Waals surface area contributed by atoms with Gasteiger partial charge in [-0.15, -0.1) is 0 Å². The van der Waals surface area contributed by atoms with Crippen LogP contribution in [0.1, 0.15) is 19.8 Å². The van der Waals surface area contributed by atoms with Crippen LogP contribution in [0.3, 0.4) is 0 Å². The van der Waals surface area contributed by atoms with Crippen molar-refractivity contribution in [2.45, 2.75) is 29.6 Å². The average molecular weight is 423 g/mol. The number of sulfone groups is 1. The first-order chi connectivity index (χ1) is 13.8. The molecule has 1 amide bonds. The maximum absolute atomic E-state index is 13.6. The molecule has 0 aliphatic carbocycles. The number of piperazine rings is 1. The van der Waals surface area contributed by atoms with Crippen LogP contribution in [0, 0.1) is 11.6 Å². The third-order valence-corrected chi connectivity index (χ3v) is 6.42. The van der Waals surface area contributed by atoms with Gasteiger partial charge in [-0.1, -0.05) is 6.92 Å². The molecule has 156 valence electrons. The number of carbonyl (C=O) groups is 1. The fraction of sp³-hybridized carbons (Fsp3) is 0.350. The molecule has 0 bridgehead atoms. The second-order valence-electron chi connectivity index (χ2n) is 6.82. The average Bonchev–Trinajstić information content (AvgIpc) is 2.68. The summed E-state index contributed by atoms with van der Waals surface area (Å²) in [6.07, 6.45) is 0.826. The van der Waals surface area contributed by atoms with Gasteiger partial charge >= 0.3 is 0 Å². The van der Waals surface area contributed by atoms with E-state index in [9.17, 15) is 22.0 Å². The Hall–Kier alpha value is -2.52. The number of hydrogen-bond donors (Lipinski definition) is 2. The highest BCUT2D eigenvalue weighted by Crippen LogP contribution is 2.32. The van der Waals surface area contributed by atoms with Crippen LogP contribution in [-0.4, -0.2) is 40.5 Å². The number of anilines is 2. The maximum Gasteiger partial charge on any atom is 0.224 e. The lowest BCUT2D eigenvalue weighted by Gasteiger charge is -2.30. The highest BCUT2D eigenvalue weighted by atomic mass is 32.2. The molecule has 1 aliphatic heterocycles. The molecule has 1 saturated heterocycles.